The first kappa shape index (κ1) is 140. The van der Waals surface area contributed by atoms with E-state index in [0.717, 1.165) is 5.92 Å². The molecule has 0 saturated carbocycles. The lowest BCUT2D eigenvalue weighted by Crippen LogP contribution is -2.48. The average Bonchev–Trinajstić information content (AvgIpc) is 1.63. The first-order valence-corrected chi connectivity index (χ1v) is 49.7. The maximum absolute atomic E-state index is 11.6. The molecule has 4 aromatic rings. The van der Waals surface area contributed by atoms with E-state index in [1.807, 2.05) is 0 Å². The van der Waals surface area contributed by atoms with Gasteiger partial charge < -0.3 is 171 Å². The van der Waals surface area contributed by atoms with E-state index < -0.39 is 275 Å². The van der Waals surface area contributed by atoms with Crippen LogP contribution >= 0.6 is 33.8 Å². The number of carbonyl (C=O) groups excluding carboxylic acids is 10. The molecule has 0 aliphatic carbocycles. The zero-order valence-corrected chi connectivity index (χ0v) is 83.9. The standard InChI is InChI=1S/2C17H20N2O8.2C11H14N2O5.C7H16.3C4H6O6.2CHF3O3S.H6P4/c2*1-9(20)24-8-13-14(25-10(2)21)15(26-11(3)22)17(27-13)19-6-4-5-12(7-19)16(18)23;2*12-10(17)6-2-1-3-13(4-6)11-9(16)8(15)7(5-14)18-11;1-4-7(5-2)6-3;3*5-1(3(7)8)2(6)4(9)10;2*2-1(3,4)8(5,6)7;1-4(2)3/h2*4-7,13-15,17H,8H2,1-3H3,(H-,18,23);2*1-4,7-9,11,14-16H,5H2,(H-,12,17);7H,4-6H2,1-3H3;3*1-2,5-6H,(H,7,8)(H,9,10);2*(H,5,6,7);1-3H2/p+2/t13-,14-,15-,17?;13-,14-,15-,17-;2*7-,8-,9-,11-;;3*1-,2-;;;/m1111.111.../s1. The molecule has 0 bridgehead atoms. The lowest BCUT2D eigenvalue weighted by atomic mass is 10.0. The molecule has 26 N–H and O–H groups in total. The second kappa shape index (κ2) is 66.8. The Hall–Kier alpha value is -11.4. The summed E-state index contributed by atoms with van der Waals surface area (Å²) in [6, 6.07) is 12.4. The van der Waals surface area contributed by atoms with E-state index in [0.29, 0.717) is 0 Å². The summed E-state index contributed by atoms with van der Waals surface area (Å²) in [5, 5.41) is 154. The number of rotatable bonds is 30. The number of aliphatic hydroxyl groups is 12. The van der Waals surface area contributed by atoms with Crippen molar-refractivity contribution in [1.29, 1.82) is 0 Å². The van der Waals surface area contributed by atoms with Crippen LogP contribution in [0.1, 0.15) is 148 Å². The highest BCUT2D eigenvalue weighted by atomic mass is 32.7. The molecule has 4 aliphatic rings. The second-order valence-electron chi connectivity index (χ2n) is 29.1. The number of aliphatic hydroxyl groups excluding tert-OH is 12. The predicted octanol–water partition coefficient (Wildman–Crippen LogP) is -7.43. The quantitative estimate of drug-likeness (QED) is 0.00439. The van der Waals surface area contributed by atoms with Crippen LogP contribution in [0.5, 0.6) is 0 Å². The Morgan fingerprint density at radius 2 is 0.558 bits per heavy atom. The molecule has 0 spiro atoms. The van der Waals surface area contributed by atoms with E-state index in [4.69, 9.17) is 168 Å². The van der Waals surface area contributed by atoms with E-state index in [2.05, 4.69) is 47.6 Å². The highest BCUT2D eigenvalue weighted by Gasteiger charge is 2.57. The summed E-state index contributed by atoms with van der Waals surface area (Å²) in [4.78, 5) is 172. The number of hydrogen-bond acceptors (Lipinski definition) is 44. The molecule has 147 heavy (non-hydrogen) atoms. The molecule has 8 heterocycles. The van der Waals surface area contributed by atoms with Crippen molar-refractivity contribution < 1.29 is 287 Å². The van der Waals surface area contributed by atoms with E-state index in [-0.39, 0.29) is 42.5 Å². The summed E-state index contributed by atoms with van der Waals surface area (Å²) in [6.45, 7) is 12.9. The van der Waals surface area contributed by atoms with Gasteiger partial charge in [0.1, 0.15) is 72.1 Å². The SMILES string of the molecule is CC(=O)OC[C@H]1OC([n+]2cccc(C(N)=O)c2)[C@H](OC(C)=O)[C@@H]1OC(C)=O.CC(=O)OC[C@H]1O[C@@H]([n+]2cccc(C(N)=O)c2)[C@H](OC(C)=O)[C@@H]1OC(C)=O.CCC(CC)CC.NC(=O)c1ccc[n+]([C@@H]2O[C@H](CO)[C@@H](O)[C@H]2O)c1.NC(=O)c1ccc[n+]([C@@H]2O[C@H](CO)[C@@H](O)[C@H]2O)c1.O=C(O)[C@H](O)[C@@H](O)C(=O)O.O=C(O)[C@H](O)[C@@H](O)C(=O)O.O=C(O)[C@H](O)[C@@H](O)C(=O)O.O=S(=O)([O-])C(F)(F)F.O=S(=O)([O-])C(F)(F)F.PP(P)P. The van der Waals surface area contributed by atoms with Gasteiger partial charge in [-0.25, -0.2) is 45.6 Å². The maximum atomic E-state index is 11.6. The van der Waals surface area contributed by atoms with Gasteiger partial charge in [-0.15, -0.1) is 26.8 Å². The molecule has 4 saturated heterocycles. The largest absolute Gasteiger partial charge is 0.741 e. The third kappa shape index (κ3) is 51.4. The number of aliphatic carboxylic acids is 6. The van der Waals surface area contributed by atoms with Crippen LogP contribution in [0, 0.1) is 5.92 Å². The summed E-state index contributed by atoms with van der Waals surface area (Å²) < 4.78 is 177. The average molecular weight is 2250 g/mol. The van der Waals surface area contributed by atoms with E-state index in [9.17, 15) is 123 Å². The second-order valence-corrected chi connectivity index (χ2v) is 43.5. The molecule has 4 aliphatic heterocycles. The molecule has 832 valence electrons. The van der Waals surface area contributed by atoms with E-state index in [1.54, 1.807) is 49.1 Å². The number of pyridine rings is 4. The van der Waals surface area contributed by atoms with Gasteiger partial charge in [0.2, 0.25) is 12.2 Å². The maximum Gasteiger partial charge on any atom is 0.485 e. The molecule has 4 amide bonds. The first-order chi connectivity index (χ1) is 67.4. The summed E-state index contributed by atoms with van der Waals surface area (Å²) in [5.74, 6) is -15.7. The van der Waals surface area contributed by atoms with Crippen LogP contribution in [0.25, 0.3) is 0 Å². The van der Waals surface area contributed by atoms with Crippen molar-refractivity contribution in [2.45, 2.75) is 227 Å². The summed E-state index contributed by atoms with van der Waals surface area (Å²) >= 11 is 0. The van der Waals surface area contributed by atoms with Gasteiger partial charge in [0.05, 0.1) is 13.2 Å². The number of amides is 4. The van der Waals surface area contributed by atoms with Gasteiger partial charge in [-0.1, -0.05) is 40.0 Å². The highest BCUT2D eigenvalue weighted by Crippen LogP contribution is 2.60. The van der Waals surface area contributed by atoms with Crippen molar-refractivity contribution >= 4 is 149 Å². The van der Waals surface area contributed by atoms with E-state index in [1.165, 1.54) is 128 Å². The summed E-state index contributed by atoms with van der Waals surface area (Å²) in [6.07, 6.45) is -13.4. The molecule has 8 rings (SSSR count). The predicted molar refractivity (Wildman–Crippen MR) is 474 cm³/mol. The van der Waals surface area contributed by atoms with Gasteiger partial charge in [0.15, 0.2) is 131 Å². The Morgan fingerprint density at radius 3 is 0.701 bits per heavy atom. The first-order valence-electron chi connectivity index (χ1n) is 40.7. The number of halogens is 6. The van der Waals surface area contributed by atoms with Crippen LogP contribution in [0.3, 0.4) is 0 Å². The number of carboxylic acid groups (broad SMARTS) is 6. The molecule has 25 atom stereocenters. The minimum absolute atomic E-state index is 0.130. The monoisotopic (exact) mass is 2250 g/mol. The minimum Gasteiger partial charge on any atom is -0.741 e. The fourth-order valence-corrected chi connectivity index (χ4v) is 11.0. The van der Waals surface area contributed by atoms with Crippen LogP contribution in [0.2, 0.25) is 0 Å². The molecule has 4 unspecified atom stereocenters. The Bertz CT molecular complexity index is 4850. The van der Waals surface area contributed by atoms with Crippen molar-refractivity contribution in [3.8, 4) is 0 Å². The lowest BCUT2D eigenvalue weighted by molar-refractivity contribution is -0.766. The van der Waals surface area contributed by atoms with Gasteiger partial charge in [0.25, 0.3) is 36.1 Å². The third-order valence-electron chi connectivity index (χ3n) is 18.0. The molecular formula is C77H112F6N8O50P4S2+2. The number of carbonyl (C=O) groups is 16. The zero-order chi connectivity index (χ0) is 115. The number of aromatic nitrogens is 4. The Labute approximate surface area is 835 Å². The smallest absolute Gasteiger partial charge is 0.485 e. The minimum atomic E-state index is -6.09. The molecule has 0 radical (unpaired) electrons. The van der Waals surface area contributed by atoms with Crippen LogP contribution < -0.4 is 41.2 Å². The van der Waals surface area contributed by atoms with Gasteiger partial charge >= 0.3 is 95.1 Å². The Kier molecular flexibility index (Phi) is 63.5. The highest BCUT2D eigenvalue weighted by molar-refractivity contribution is 8.65. The molecular weight excluding hydrogens is 2140 g/mol. The van der Waals surface area contributed by atoms with Crippen molar-refractivity contribution in [1.82, 2.24) is 0 Å². The number of primary amides is 4. The number of alkyl halides is 6. The molecule has 4 aromatic heterocycles. The van der Waals surface area contributed by atoms with Crippen molar-refractivity contribution in [3.63, 3.8) is 0 Å². The van der Waals surface area contributed by atoms with E-state index >= 15 is 0 Å². The number of ether oxygens (including phenoxy) is 10. The fourth-order valence-electron chi connectivity index (χ4n) is 11.0. The van der Waals surface area contributed by atoms with Crippen molar-refractivity contribution in [2.24, 2.45) is 28.9 Å². The van der Waals surface area contributed by atoms with Crippen LogP contribution in [0.4, 0.5) is 26.3 Å². The fraction of sp³-hybridized carbons (Fsp3) is 0.532. The Morgan fingerprint density at radius 1 is 0.374 bits per heavy atom. The Balaban J connectivity index is -0.00000162. The number of hydrogen-bond donors (Lipinski definition) is 22. The number of esters is 6. The van der Waals surface area contributed by atoms with Crippen LogP contribution in [-0.4, -0.2) is 360 Å². The topological polar surface area (TPSA) is 964 Å². The normalized spacial score (nSPS) is 22.1. The van der Waals surface area contributed by atoms with Gasteiger partial charge in [-0.2, -0.15) is 44.6 Å². The van der Waals surface area contributed by atoms with Crippen LogP contribution in [0.15, 0.2) is 98.1 Å². The van der Waals surface area contributed by atoms with Crippen molar-refractivity contribution in [2.75, 3.05) is 26.4 Å². The number of nitrogens with two attached hydrogens (primary N) is 4. The zero-order valence-electron chi connectivity index (χ0n) is 77.9. The van der Waals surface area contributed by atoms with Crippen molar-refractivity contribution in [3.05, 3.63) is 120 Å². The molecule has 0 aromatic carbocycles. The lowest BCUT2D eigenvalue weighted by Gasteiger charge is -2.21. The van der Waals surface area contributed by atoms with Gasteiger partial charge in [-0.3, -0.25) is 47.9 Å². The van der Waals surface area contributed by atoms with Gasteiger partial charge in [0, 0.05) is 65.8 Å². The summed E-state index contributed by atoms with van der Waals surface area (Å²) in [7, 11) is -4.24. The molecule has 58 nitrogen and oxygen atoms in total. The van der Waals surface area contributed by atoms with Gasteiger partial charge in [-0.05, 0) is 37.2 Å². The number of carboxylic acids is 6. The molecule has 4 fully saturated rings. The number of nitrogens with zero attached hydrogens (tertiary/aromatic N) is 4. The summed E-state index contributed by atoms with van der Waals surface area (Å²) in [5.41, 5.74) is 10.5. The third-order valence-corrected chi connectivity index (χ3v) is 19.2. The van der Waals surface area contributed by atoms with Crippen LogP contribution in [-0.2, 0) is 125 Å². The molecule has 70 heteroatoms.